The number of rotatable bonds is 4. The highest BCUT2D eigenvalue weighted by Crippen LogP contribution is 2.50. The molecule has 5 heteroatoms. The number of allylic oxidation sites excluding steroid dienone is 2. The minimum absolute atomic E-state index is 0.0753. The van der Waals surface area contributed by atoms with Crippen LogP contribution in [0.4, 0.5) is 4.39 Å². The van der Waals surface area contributed by atoms with Crippen LogP contribution in [0, 0.1) is 29.0 Å². The predicted molar refractivity (Wildman–Crippen MR) is 134 cm³/mol. The SMILES string of the molecule is CC(C)c1ccc(-c2nc3c(n2Cc2ccccc2F)CC[C@@H]2[C@@H](C)C(=O)C(C#N)=C[C@@]32C)cc1. The highest BCUT2D eigenvalue weighted by Gasteiger charge is 2.50. The molecule has 1 heterocycles. The summed E-state index contributed by atoms with van der Waals surface area (Å²) in [5, 5.41) is 9.66. The Morgan fingerprint density at radius 3 is 2.57 bits per heavy atom. The van der Waals surface area contributed by atoms with E-state index in [0.29, 0.717) is 18.0 Å². The van der Waals surface area contributed by atoms with Crippen LogP contribution >= 0.6 is 0 Å². The summed E-state index contributed by atoms with van der Waals surface area (Å²) in [7, 11) is 0. The maximum atomic E-state index is 14.7. The second-order valence-electron chi connectivity index (χ2n) is 10.4. The minimum atomic E-state index is -0.529. The summed E-state index contributed by atoms with van der Waals surface area (Å²) < 4.78 is 16.8. The van der Waals surface area contributed by atoms with E-state index in [-0.39, 0.29) is 29.0 Å². The number of ketones is 1. The normalized spacial score (nSPS) is 23.5. The van der Waals surface area contributed by atoms with Gasteiger partial charge in [-0.2, -0.15) is 5.26 Å². The van der Waals surface area contributed by atoms with Crippen molar-refractivity contribution in [1.29, 1.82) is 5.26 Å². The van der Waals surface area contributed by atoms with E-state index in [2.05, 4.69) is 55.7 Å². The Balaban J connectivity index is 1.71. The van der Waals surface area contributed by atoms with Crippen molar-refractivity contribution in [1.82, 2.24) is 9.55 Å². The van der Waals surface area contributed by atoms with E-state index >= 15 is 0 Å². The van der Waals surface area contributed by atoms with Crippen molar-refractivity contribution >= 4 is 5.78 Å². The maximum absolute atomic E-state index is 14.7. The number of fused-ring (bicyclic) bond motifs is 3. The number of benzene rings is 2. The van der Waals surface area contributed by atoms with E-state index in [1.165, 1.54) is 11.6 Å². The molecule has 0 aliphatic heterocycles. The fourth-order valence-corrected chi connectivity index (χ4v) is 5.97. The second kappa shape index (κ2) is 8.61. The lowest BCUT2D eigenvalue weighted by molar-refractivity contribution is -0.121. The molecule has 2 aliphatic carbocycles. The summed E-state index contributed by atoms with van der Waals surface area (Å²) in [4.78, 5) is 17.9. The van der Waals surface area contributed by atoms with Crippen LogP contribution in [0.2, 0.25) is 0 Å². The number of imidazole rings is 1. The van der Waals surface area contributed by atoms with E-state index in [0.717, 1.165) is 35.6 Å². The Bertz CT molecular complexity index is 1380. The number of hydrogen-bond acceptors (Lipinski definition) is 3. The Morgan fingerprint density at radius 1 is 1.20 bits per heavy atom. The summed E-state index contributed by atoms with van der Waals surface area (Å²) in [6.07, 6.45) is 3.42. The average molecular weight is 468 g/mol. The summed E-state index contributed by atoms with van der Waals surface area (Å²) in [6.45, 7) is 8.74. The van der Waals surface area contributed by atoms with Gasteiger partial charge in [0.15, 0.2) is 5.78 Å². The molecule has 0 bridgehead atoms. The summed E-state index contributed by atoms with van der Waals surface area (Å²) in [5.74, 6) is 0.747. The molecule has 0 N–H and O–H groups in total. The zero-order valence-corrected chi connectivity index (χ0v) is 20.7. The molecule has 0 spiro atoms. The zero-order valence-electron chi connectivity index (χ0n) is 20.7. The molecular formula is C30H30FN3O. The zero-order chi connectivity index (χ0) is 24.9. The smallest absolute Gasteiger partial charge is 0.176 e. The fourth-order valence-electron chi connectivity index (χ4n) is 5.97. The average Bonchev–Trinajstić information content (AvgIpc) is 3.22. The number of carbonyl (C=O) groups excluding carboxylic acids is 1. The van der Waals surface area contributed by atoms with Crippen LogP contribution in [-0.4, -0.2) is 15.3 Å². The largest absolute Gasteiger partial charge is 0.323 e. The van der Waals surface area contributed by atoms with Gasteiger partial charge in [-0.3, -0.25) is 4.79 Å². The van der Waals surface area contributed by atoms with Crippen LogP contribution in [0.25, 0.3) is 11.4 Å². The van der Waals surface area contributed by atoms with Crippen LogP contribution in [-0.2, 0) is 23.2 Å². The number of Topliss-reactive ketones (excluding diaryl/α,β-unsaturated/α-hetero) is 1. The Kier molecular flexibility index (Phi) is 5.71. The highest BCUT2D eigenvalue weighted by atomic mass is 19.1. The van der Waals surface area contributed by atoms with Crippen molar-refractivity contribution in [2.24, 2.45) is 11.8 Å². The number of halogens is 1. The van der Waals surface area contributed by atoms with Gasteiger partial charge in [-0.1, -0.05) is 76.2 Å². The van der Waals surface area contributed by atoms with Gasteiger partial charge in [0.1, 0.15) is 17.7 Å². The Morgan fingerprint density at radius 2 is 1.91 bits per heavy atom. The highest BCUT2D eigenvalue weighted by molar-refractivity contribution is 6.02. The number of aromatic nitrogens is 2. The lowest BCUT2D eigenvalue weighted by Gasteiger charge is -2.44. The van der Waals surface area contributed by atoms with E-state index in [1.54, 1.807) is 6.07 Å². The molecule has 178 valence electrons. The molecule has 3 aromatic rings. The molecule has 0 unspecified atom stereocenters. The molecule has 1 aromatic heterocycles. The summed E-state index contributed by atoms with van der Waals surface area (Å²) in [6, 6.07) is 17.4. The number of nitriles is 1. The van der Waals surface area contributed by atoms with E-state index in [1.807, 2.05) is 25.1 Å². The van der Waals surface area contributed by atoms with Gasteiger partial charge in [0.2, 0.25) is 0 Å². The van der Waals surface area contributed by atoms with Crippen LogP contribution < -0.4 is 0 Å². The first-order valence-electron chi connectivity index (χ1n) is 12.4. The van der Waals surface area contributed by atoms with E-state index < -0.39 is 5.41 Å². The Labute approximate surface area is 206 Å². The summed E-state index contributed by atoms with van der Waals surface area (Å²) >= 11 is 0. The summed E-state index contributed by atoms with van der Waals surface area (Å²) in [5.41, 5.74) is 4.49. The first kappa shape index (κ1) is 23.2. The van der Waals surface area contributed by atoms with Gasteiger partial charge in [0.25, 0.3) is 0 Å². The molecule has 2 aliphatic rings. The van der Waals surface area contributed by atoms with Gasteiger partial charge >= 0.3 is 0 Å². The first-order chi connectivity index (χ1) is 16.7. The van der Waals surface area contributed by atoms with E-state index in [4.69, 9.17) is 4.98 Å². The van der Waals surface area contributed by atoms with Crippen molar-refractivity contribution in [3.8, 4) is 17.5 Å². The van der Waals surface area contributed by atoms with E-state index in [9.17, 15) is 14.4 Å². The van der Waals surface area contributed by atoms with Crippen LogP contribution in [0.15, 0.2) is 60.2 Å². The number of hydrogen-bond donors (Lipinski definition) is 0. The topological polar surface area (TPSA) is 58.7 Å². The Hall–Kier alpha value is -3.52. The standard InChI is InChI=1S/C30H30FN3O/c1-18(2)20-9-11-21(12-10-20)29-33-28-26(34(29)17-22-7-5-6-8-25(22)31)14-13-24-19(3)27(35)23(16-32)15-30(24,28)4/h5-12,15,18-19,24H,13-14,17H2,1-4H3/t19-,24-,30-/m1/s1. The molecule has 0 radical (unpaired) electrons. The van der Waals surface area contributed by atoms with Gasteiger partial charge in [-0.05, 0) is 36.3 Å². The predicted octanol–water partition coefficient (Wildman–Crippen LogP) is 6.35. The third kappa shape index (κ3) is 3.72. The van der Waals surface area contributed by atoms with Crippen molar-refractivity contribution < 1.29 is 9.18 Å². The van der Waals surface area contributed by atoms with Crippen molar-refractivity contribution in [3.05, 3.63) is 88.5 Å². The number of nitrogens with zero attached hydrogens (tertiary/aromatic N) is 3. The first-order valence-corrected chi connectivity index (χ1v) is 12.4. The molecule has 35 heavy (non-hydrogen) atoms. The van der Waals surface area contributed by atoms with Crippen LogP contribution in [0.3, 0.4) is 0 Å². The lowest BCUT2D eigenvalue weighted by atomic mass is 9.58. The monoisotopic (exact) mass is 467 g/mol. The molecular weight excluding hydrogens is 437 g/mol. The maximum Gasteiger partial charge on any atom is 0.176 e. The molecule has 0 saturated heterocycles. The van der Waals surface area contributed by atoms with Crippen LogP contribution in [0.5, 0.6) is 0 Å². The van der Waals surface area contributed by atoms with Gasteiger partial charge in [-0.15, -0.1) is 0 Å². The third-order valence-electron chi connectivity index (χ3n) is 8.01. The van der Waals surface area contributed by atoms with Crippen LogP contribution in [0.1, 0.15) is 62.5 Å². The van der Waals surface area contributed by atoms with Gasteiger partial charge in [0.05, 0.1) is 17.8 Å². The van der Waals surface area contributed by atoms with Gasteiger partial charge < -0.3 is 4.57 Å². The molecule has 5 rings (SSSR count). The molecule has 0 saturated carbocycles. The fraction of sp³-hybridized carbons (Fsp3) is 0.367. The molecule has 3 atom stereocenters. The molecule has 4 nitrogen and oxygen atoms in total. The quantitative estimate of drug-likeness (QED) is 0.449. The van der Waals surface area contributed by atoms with Crippen molar-refractivity contribution in [2.75, 3.05) is 0 Å². The number of carbonyl (C=O) groups is 1. The van der Waals surface area contributed by atoms with Crippen molar-refractivity contribution in [2.45, 2.75) is 58.4 Å². The second-order valence-corrected chi connectivity index (χ2v) is 10.4. The third-order valence-corrected chi connectivity index (χ3v) is 8.01. The molecule has 2 aromatic carbocycles. The van der Waals surface area contributed by atoms with Gasteiger partial charge in [-0.25, -0.2) is 9.37 Å². The van der Waals surface area contributed by atoms with Gasteiger partial charge in [0, 0.05) is 28.2 Å². The lowest BCUT2D eigenvalue weighted by Crippen LogP contribution is -2.45. The minimum Gasteiger partial charge on any atom is -0.323 e. The van der Waals surface area contributed by atoms with Crippen molar-refractivity contribution in [3.63, 3.8) is 0 Å². The molecule has 0 fully saturated rings. The molecule has 0 amide bonds.